The first-order chi connectivity index (χ1) is 7.26. The minimum Gasteiger partial charge on any atom is -0.501 e. The highest BCUT2D eigenvalue weighted by molar-refractivity contribution is 5.26. The first-order valence-electron chi connectivity index (χ1n) is 5.17. The van der Waals surface area contributed by atoms with E-state index in [4.69, 9.17) is 4.74 Å². The Morgan fingerprint density at radius 3 is 2.40 bits per heavy atom. The van der Waals surface area contributed by atoms with Gasteiger partial charge in [0.2, 0.25) is 0 Å². The summed E-state index contributed by atoms with van der Waals surface area (Å²) in [6.45, 7) is 5.85. The van der Waals surface area contributed by atoms with Gasteiger partial charge in [0.1, 0.15) is 0 Å². The van der Waals surface area contributed by atoms with Gasteiger partial charge in [0.05, 0.1) is 12.9 Å². The second kappa shape index (κ2) is 6.07. The molecule has 1 rings (SSSR count). The van der Waals surface area contributed by atoms with Crippen molar-refractivity contribution in [2.45, 2.75) is 19.8 Å². The normalized spacial score (nSPS) is 10.5. The van der Waals surface area contributed by atoms with Crippen LogP contribution in [-0.2, 0) is 17.6 Å². The van der Waals surface area contributed by atoms with Crippen LogP contribution in [0.25, 0.3) is 0 Å². The van der Waals surface area contributed by atoms with Crippen molar-refractivity contribution in [2.24, 2.45) is 0 Å². The summed E-state index contributed by atoms with van der Waals surface area (Å²) in [5, 5.41) is 0. The van der Waals surface area contributed by atoms with Crippen LogP contribution < -0.4 is 0 Å². The van der Waals surface area contributed by atoms with E-state index in [2.05, 4.69) is 43.0 Å². The largest absolute Gasteiger partial charge is 0.501 e. The fourth-order valence-electron chi connectivity index (χ4n) is 1.35. The Kier molecular flexibility index (Phi) is 4.69. The molecule has 0 fully saturated rings. The third kappa shape index (κ3) is 4.03. The molecule has 0 unspecified atom stereocenters. The first-order valence-corrected chi connectivity index (χ1v) is 5.17. The van der Waals surface area contributed by atoms with E-state index in [1.807, 2.05) is 6.92 Å². The summed E-state index contributed by atoms with van der Waals surface area (Å²) >= 11 is 0. The molecule has 0 aliphatic rings. The Hall–Kier alpha value is -1.50. The summed E-state index contributed by atoms with van der Waals surface area (Å²) in [4.78, 5) is 0. The number of hydrogen-bond acceptors (Lipinski definition) is 1. The van der Waals surface area contributed by atoms with E-state index in [1.54, 1.807) is 7.11 Å². The molecule has 0 amide bonds. The van der Waals surface area contributed by atoms with Gasteiger partial charge < -0.3 is 4.74 Å². The molecule has 0 N–H and O–H groups in total. The summed E-state index contributed by atoms with van der Waals surface area (Å²) in [5.74, 6) is 0.802. The second-order valence-electron chi connectivity index (χ2n) is 3.51. The van der Waals surface area contributed by atoms with Gasteiger partial charge in [0, 0.05) is 6.42 Å². The lowest BCUT2D eigenvalue weighted by Gasteiger charge is -2.04. The summed E-state index contributed by atoms with van der Waals surface area (Å²) in [6.07, 6.45) is 6.02. The van der Waals surface area contributed by atoms with Crippen molar-refractivity contribution in [2.75, 3.05) is 7.11 Å². The Balaban J connectivity index is 2.59. The predicted octanol–water partition coefficient (Wildman–Crippen LogP) is 3.51. The molecule has 15 heavy (non-hydrogen) atoms. The van der Waals surface area contributed by atoms with Crippen LogP contribution in [-0.4, -0.2) is 7.11 Å². The fourth-order valence-corrected chi connectivity index (χ4v) is 1.35. The standard InChI is InChI=1S/C14H18O/c1-4-5-6-13-7-9-14(10-8-13)11-12(2)15-3/h4-5,7-10H,2,6,11H2,1,3H3. The van der Waals surface area contributed by atoms with Gasteiger partial charge in [-0.05, 0) is 24.5 Å². The predicted molar refractivity (Wildman–Crippen MR) is 64.8 cm³/mol. The third-order valence-corrected chi connectivity index (χ3v) is 2.30. The molecule has 1 aromatic carbocycles. The third-order valence-electron chi connectivity index (χ3n) is 2.30. The lowest BCUT2D eigenvalue weighted by atomic mass is 10.1. The van der Waals surface area contributed by atoms with Gasteiger partial charge in [-0.1, -0.05) is 43.0 Å². The average Bonchev–Trinajstić information content (AvgIpc) is 2.28. The van der Waals surface area contributed by atoms with Crippen LogP contribution in [0.5, 0.6) is 0 Å². The molecule has 0 saturated carbocycles. The van der Waals surface area contributed by atoms with Crippen LogP contribution in [0.3, 0.4) is 0 Å². The Morgan fingerprint density at radius 1 is 1.27 bits per heavy atom. The van der Waals surface area contributed by atoms with Crippen LogP contribution in [0, 0.1) is 0 Å². The number of hydrogen-bond donors (Lipinski definition) is 0. The van der Waals surface area contributed by atoms with Gasteiger partial charge in [-0.3, -0.25) is 0 Å². The molecule has 0 radical (unpaired) electrons. The quantitative estimate of drug-likeness (QED) is 0.524. The van der Waals surface area contributed by atoms with Crippen LogP contribution >= 0.6 is 0 Å². The summed E-state index contributed by atoms with van der Waals surface area (Å²) in [5.41, 5.74) is 2.57. The summed E-state index contributed by atoms with van der Waals surface area (Å²) in [7, 11) is 1.66. The number of rotatable bonds is 5. The van der Waals surface area contributed by atoms with E-state index in [0.29, 0.717) is 0 Å². The molecule has 0 aromatic heterocycles. The Labute approximate surface area is 92.1 Å². The lowest BCUT2D eigenvalue weighted by Crippen LogP contribution is -1.91. The molecule has 1 aromatic rings. The molecule has 80 valence electrons. The van der Waals surface area contributed by atoms with Gasteiger partial charge in [-0.25, -0.2) is 0 Å². The number of ether oxygens (including phenoxy) is 1. The summed E-state index contributed by atoms with van der Waals surface area (Å²) in [6, 6.07) is 8.56. The molecule has 0 heterocycles. The first kappa shape index (κ1) is 11.6. The van der Waals surface area contributed by atoms with Crippen LogP contribution in [0.4, 0.5) is 0 Å². The molecule has 0 saturated heterocycles. The van der Waals surface area contributed by atoms with Gasteiger partial charge in [-0.15, -0.1) is 0 Å². The molecule has 0 spiro atoms. The minimum atomic E-state index is 0.792. The van der Waals surface area contributed by atoms with Crippen molar-refractivity contribution < 1.29 is 4.74 Å². The highest BCUT2D eigenvalue weighted by Gasteiger charge is 1.96. The zero-order chi connectivity index (χ0) is 11.1. The van der Waals surface area contributed by atoms with Crippen molar-refractivity contribution in [3.63, 3.8) is 0 Å². The average molecular weight is 202 g/mol. The monoisotopic (exact) mass is 202 g/mol. The molecule has 0 atom stereocenters. The smallest absolute Gasteiger partial charge is 0.0927 e. The van der Waals surface area contributed by atoms with E-state index in [9.17, 15) is 0 Å². The van der Waals surface area contributed by atoms with Crippen molar-refractivity contribution in [1.82, 2.24) is 0 Å². The SMILES string of the molecule is C=C(Cc1ccc(CC=CC)cc1)OC. The zero-order valence-electron chi connectivity index (χ0n) is 9.49. The molecular formula is C14H18O. The minimum absolute atomic E-state index is 0.792. The maximum Gasteiger partial charge on any atom is 0.0927 e. The van der Waals surface area contributed by atoms with E-state index in [-0.39, 0.29) is 0 Å². The Morgan fingerprint density at radius 2 is 1.87 bits per heavy atom. The van der Waals surface area contributed by atoms with Gasteiger partial charge in [0.15, 0.2) is 0 Å². The maximum absolute atomic E-state index is 5.04. The molecular weight excluding hydrogens is 184 g/mol. The van der Waals surface area contributed by atoms with Gasteiger partial charge >= 0.3 is 0 Å². The van der Waals surface area contributed by atoms with Crippen LogP contribution in [0.15, 0.2) is 48.8 Å². The zero-order valence-corrected chi connectivity index (χ0v) is 9.49. The van der Waals surface area contributed by atoms with Crippen LogP contribution in [0.1, 0.15) is 18.1 Å². The van der Waals surface area contributed by atoms with Crippen molar-refractivity contribution in [3.8, 4) is 0 Å². The molecule has 1 heteroatoms. The number of methoxy groups -OCH3 is 1. The van der Waals surface area contributed by atoms with Crippen molar-refractivity contribution in [3.05, 3.63) is 59.9 Å². The van der Waals surface area contributed by atoms with Crippen LogP contribution in [0.2, 0.25) is 0 Å². The molecule has 0 aliphatic heterocycles. The van der Waals surface area contributed by atoms with Crippen molar-refractivity contribution in [1.29, 1.82) is 0 Å². The highest BCUT2D eigenvalue weighted by atomic mass is 16.5. The van der Waals surface area contributed by atoms with E-state index >= 15 is 0 Å². The van der Waals surface area contributed by atoms with E-state index in [1.165, 1.54) is 11.1 Å². The van der Waals surface area contributed by atoms with Gasteiger partial charge in [0.25, 0.3) is 0 Å². The van der Waals surface area contributed by atoms with E-state index in [0.717, 1.165) is 18.6 Å². The number of benzene rings is 1. The summed E-state index contributed by atoms with van der Waals surface area (Å²) < 4.78 is 5.04. The second-order valence-corrected chi connectivity index (χ2v) is 3.51. The molecule has 0 bridgehead atoms. The molecule has 1 nitrogen and oxygen atoms in total. The van der Waals surface area contributed by atoms with Crippen molar-refractivity contribution >= 4 is 0 Å². The fraction of sp³-hybridized carbons (Fsp3) is 0.286. The maximum atomic E-state index is 5.04. The lowest BCUT2D eigenvalue weighted by molar-refractivity contribution is 0.285. The Bertz CT molecular complexity index is 333. The number of allylic oxidation sites excluding steroid dienone is 3. The highest BCUT2D eigenvalue weighted by Crippen LogP contribution is 2.09. The van der Waals surface area contributed by atoms with Gasteiger partial charge in [-0.2, -0.15) is 0 Å². The topological polar surface area (TPSA) is 9.23 Å². The molecule has 0 aliphatic carbocycles. The van der Waals surface area contributed by atoms with E-state index < -0.39 is 0 Å².